The molecule has 0 fully saturated rings. The third-order valence-corrected chi connectivity index (χ3v) is 5.72. The number of H-pyrrole nitrogens is 1. The lowest BCUT2D eigenvalue weighted by Crippen LogP contribution is -2.20. The topological polar surface area (TPSA) is 124 Å². The lowest BCUT2D eigenvalue weighted by Gasteiger charge is -2.24. The van der Waals surface area contributed by atoms with Crippen molar-refractivity contribution in [2.75, 3.05) is 11.5 Å². The van der Waals surface area contributed by atoms with E-state index in [4.69, 9.17) is 25.6 Å². The fraction of sp³-hybridized carbons (Fsp3) is 0.207. The van der Waals surface area contributed by atoms with E-state index in [-0.39, 0.29) is 24.2 Å². The zero-order valence-electron chi connectivity index (χ0n) is 21.5. The molecule has 4 N–H and O–H groups in total. The van der Waals surface area contributed by atoms with Gasteiger partial charge in [0, 0.05) is 34.6 Å². The summed E-state index contributed by atoms with van der Waals surface area (Å²) in [6.45, 7) is 6.03. The van der Waals surface area contributed by atoms with Crippen molar-refractivity contribution in [3.8, 4) is 28.8 Å². The van der Waals surface area contributed by atoms with Gasteiger partial charge in [-0.05, 0) is 57.2 Å². The van der Waals surface area contributed by atoms with Gasteiger partial charge in [-0.3, -0.25) is 5.41 Å². The quantitative estimate of drug-likeness (QED) is 0.180. The van der Waals surface area contributed by atoms with Crippen molar-refractivity contribution in [2.24, 2.45) is 5.73 Å². The first-order chi connectivity index (χ1) is 18.3. The molecule has 4 rings (SSSR count). The number of amidine groups is 1. The largest absolute Gasteiger partial charge is 0.494 e. The van der Waals surface area contributed by atoms with Gasteiger partial charge >= 0.3 is 0 Å². The highest BCUT2D eigenvalue weighted by Crippen LogP contribution is 2.34. The number of hydrogen-bond acceptors (Lipinski definition) is 6. The van der Waals surface area contributed by atoms with Gasteiger partial charge in [-0.15, -0.1) is 0 Å². The second-order valence-electron chi connectivity index (χ2n) is 8.81. The van der Waals surface area contributed by atoms with E-state index in [0.717, 1.165) is 0 Å². The maximum absolute atomic E-state index is 15.7. The Bertz CT molecular complexity index is 1470. The summed E-state index contributed by atoms with van der Waals surface area (Å²) >= 11 is 0. The van der Waals surface area contributed by atoms with E-state index in [9.17, 15) is 5.26 Å². The standard InChI is InChI=1S/C29H29FN6O2/c1-4-37-23-13-21(27(30)26(14-23)38-18(2)3)17-36(22-11-9-19(10-12-22)28(32)33)29-34-16-25(35-29)24-8-6-5-7-20(24)15-31/h5-14,16,18H,4,17H2,1-3H3,(H3,32,33)(H,34,35). The first kappa shape index (κ1) is 26.2. The highest BCUT2D eigenvalue weighted by atomic mass is 19.1. The van der Waals surface area contributed by atoms with Crippen molar-refractivity contribution in [1.82, 2.24) is 9.97 Å². The molecule has 194 valence electrons. The Labute approximate surface area is 221 Å². The summed E-state index contributed by atoms with van der Waals surface area (Å²) in [7, 11) is 0. The summed E-state index contributed by atoms with van der Waals surface area (Å²) in [4.78, 5) is 9.72. The molecule has 0 aliphatic heterocycles. The molecule has 0 bridgehead atoms. The summed E-state index contributed by atoms with van der Waals surface area (Å²) in [6, 6.07) is 19.6. The fourth-order valence-electron chi connectivity index (χ4n) is 4.00. The molecule has 0 aliphatic rings. The number of ether oxygens (including phenoxy) is 2. The predicted octanol–water partition coefficient (Wildman–Crippen LogP) is 5.90. The summed E-state index contributed by atoms with van der Waals surface area (Å²) in [5, 5.41) is 17.2. The van der Waals surface area contributed by atoms with Crippen LogP contribution in [0, 0.1) is 22.6 Å². The number of nitrogens with two attached hydrogens (primary N) is 1. The van der Waals surface area contributed by atoms with Crippen LogP contribution >= 0.6 is 0 Å². The van der Waals surface area contributed by atoms with Gasteiger partial charge in [0.05, 0.1) is 36.6 Å². The van der Waals surface area contributed by atoms with E-state index >= 15 is 4.39 Å². The number of nitrogens with zero attached hydrogens (tertiary/aromatic N) is 3. The second kappa shape index (κ2) is 11.5. The van der Waals surface area contributed by atoms with Gasteiger partial charge in [0.1, 0.15) is 11.6 Å². The van der Waals surface area contributed by atoms with Gasteiger partial charge < -0.3 is 25.1 Å². The molecule has 1 heterocycles. The van der Waals surface area contributed by atoms with Crippen LogP contribution in [0.1, 0.15) is 37.5 Å². The Balaban J connectivity index is 1.80. The van der Waals surface area contributed by atoms with Crippen LogP contribution < -0.4 is 20.1 Å². The van der Waals surface area contributed by atoms with Crippen molar-refractivity contribution in [3.63, 3.8) is 0 Å². The summed E-state index contributed by atoms with van der Waals surface area (Å²) < 4.78 is 27.1. The number of nitriles is 1. The van der Waals surface area contributed by atoms with Crippen LogP contribution in [-0.2, 0) is 6.54 Å². The van der Waals surface area contributed by atoms with Crippen LogP contribution in [-0.4, -0.2) is 28.5 Å². The average molecular weight is 513 g/mol. The minimum Gasteiger partial charge on any atom is -0.494 e. The molecular weight excluding hydrogens is 483 g/mol. The monoisotopic (exact) mass is 512 g/mol. The van der Waals surface area contributed by atoms with E-state index in [1.165, 1.54) is 0 Å². The zero-order valence-corrected chi connectivity index (χ0v) is 21.5. The molecular formula is C29H29FN6O2. The Hall–Kier alpha value is -4.84. The Morgan fingerprint density at radius 1 is 1.18 bits per heavy atom. The van der Waals surface area contributed by atoms with Crippen LogP contribution in [0.15, 0.2) is 66.9 Å². The Morgan fingerprint density at radius 2 is 1.92 bits per heavy atom. The van der Waals surface area contributed by atoms with Gasteiger partial charge in [-0.1, -0.05) is 18.2 Å². The second-order valence-corrected chi connectivity index (χ2v) is 8.81. The number of nitrogens with one attached hydrogen (secondary N) is 2. The minimum absolute atomic E-state index is 0.0533. The maximum atomic E-state index is 15.7. The molecule has 0 unspecified atom stereocenters. The van der Waals surface area contributed by atoms with Crippen LogP contribution in [0.2, 0.25) is 0 Å². The number of anilines is 2. The number of hydrogen-bond donors (Lipinski definition) is 3. The van der Waals surface area contributed by atoms with Crippen molar-refractivity contribution < 1.29 is 13.9 Å². The predicted molar refractivity (Wildman–Crippen MR) is 145 cm³/mol. The number of nitrogen functional groups attached to an aromatic ring is 1. The number of imidazole rings is 1. The van der Waals surface area contributed by atoms with Crippen LogP contribution in [0.4, 0.5) is 16.0 Å². The number of benzene rings is 3. The smallest absolute Gasteiger partial charge is 0.208 e. The van der Waals surface area contributed by atoms with Crippen molar-refractivity contribution in [3.05, 3.63) is 89.4 Å². The highest BCUT2D eigenvalue weighted by molar-refractivity contribution is 5.95. The average Bonchev–Trinajstić information content (AvgIpc) is 3.39. The van der Waals surface area contributed by atoms with E-state index < -0.39 is 5.82 Å². The van der Waals surface area contributed by atoms with Gasteiger partial charge in [-0.2, -0.15) is 5.26 Å². The van der Waals surface area contributed by atoms with Crippen LogP contribution in [0.5, 0.6) is 11.5 Å². The molecule has 0 radical (unpaired) electrons. The minimum atomic E-state index is -0.492. The molecule has 0 amide bonds. The van der Waals surface area contributed by atoms with E-state index in [1.807, 2.05) is 32.9 Å². The van der Waals surface area contributed by atoms with Gasteiger partial charge in [0.25, 0.3) is 0 Å². The first-order valence-electron chi connectivity index (χ1n) is 12.2. The number of aromatic nitrogens is 2. The SMILES string of the molecule is CCOc1cc(CN(c2ccc(C(=N)N)cc2)c2nc(-c3ccccc3C#N)c[nH]2)c(F)c(OC(C)C)c1. The number of rotatable bonds is 10. The van der Waals surface area contributed by atoms with Gasteiger partial charge in [-0.25, -0.2) is 9.37 Å². The third-order valence-electron chi connectivity index (χ3n) is 5.72. The molecule has 0 atom stereocenters. The van der Waals surface area contributed by atoms with E-state index in [2.05, 4.69) is 11.1 Å². The van der Waals surface area contributed by atoms with E-state index in [1.54, 1.807) is 59.6 Å². The molecule has 38 heavy (non-hydrogen) atoms. The Kier molecular flexibility index (Phi) is 7.92. The first-order valence-corrected chi connectivity index (χ1v) is 12.2. The lowest BCUT2D eigenvalue weighted by molar-refractivity contribution is 0.228. The lowest BCUT2D eigenvalue weighted by atomic mass is 10.1. The van der Waals surface area contributed by atoms with E-state index in [0.29, 0.717) is 51.9 Å². The zero-order chi connectivity index (χ0) is 27.2. The number of halogens is 1. The molecule has 0 saturated carbocycles. The Morgan fingerprint density at radius 3 is 2.58 bits per heavy atom. The van der Waals surface area contributed by atoms with Crippen molar-refractivity contribution in [2.45, 2.75) is 33.4 Å². The van der Waals surface area contributed by atoms with Crippen LogP contribution in [0.25, 0.3) is 11.3 Å². The molecule has 1 aromatic heterocycles. The van der Waals surface area contributed by atoms with Crippen molar-refractivity contribution >= 4 is 17.5 Å². The molecule has 0 spiro atoms. The fourth-order valence-corrected chi connectivity index (χ4v) is 4.00. The van der Waals surface area contributed by atoms with Gasteiger partial charge in [0.2, 0.25) is 5.95 Å². The molecule has 8 nitrogen and oxygen atoms in total. The summed E-state index contributed by atoms with van der Waals surface area (Å²) in [5.74, 6) is 0.498. The molecule has 9 heteroatoms. The third kappa shape index (κ3) is 5.76. The number of aromatic amines is 1. The molecule has 0 aliphatic carbocycles. The maximum Gasteiger partial charge on any atom is 0.208 e. The molecule has 4 aromatic rings. The summed E-state index contributed by atoms with van der Waals surface area (Å²) in [6.07, 6.45) is 1.49. The molecule has 0 saturated heterocycles. The summed E-state index contributed by atoms with van der Waals surface area (Å²) in [5.41, 5.74) is 8.99. The van der Waals surface area contributed by atoms with Gasteiger partial charge in [0.15, 0.2) is 11.6 Å². The molecule has 3 aromatic carbocycles. The van der Waals surface area contributed by atoms with Crippen LogP contribution in [0.3, 0.4) is 0 Å². The normalized spacial score (nSPS) is 10.7. The van der Waals surface area contributed by atoms with Crippen molar-refractivity contribution in [1.29, 1.82) is 10.7 Å². The highest BCUT2D eigenvalue weighted by Gasteiger charge is 2.21.